The number of β-lactam (4-membered cyclic amide) rings is 1. The van der Waals surface area contributed by atoms with E-state index in [9.17, 15) is 54.6 Å². The average Bonchev–Trinajstić information content (AvgIpc) is 3.78. The van der Waals surface area contributed by atoms with Crippen molar-refractivity contribution in [1.82, 2.24) is 15.1 Å². The Morgan fingerprint density at radius 2 is 1.31 bits per heavy atom. The first-order chi connectivity index (χ1) is 30.3. The van der Waals surface area contributed by atoms with Crippen molar-refractivity contribution >= 4 is 52.9 Å². The molecule has 3 amide bonds. The number of benzene rings is 3. The van der Waals surface area contributed by atoms with Gasteiger partial charge >= 0.3 is 18.2 Å². The van der Waals surface area contributed by atoms with E-state index in [1.807, 2.05) is 6.92 Å². The normalized spacial score (nSPS) is 20.8. The molecule has 64 heavy (non-hydrogen) atoms. The van der Waals surface area contributed by atoms with Crippen LogP contribution < -0.4 is 5.32 Å². The van der Waals surface area contributed by atoms with E-state index in [-0.39, 0.29) is 67.5 Å². The number of hydrogen-bond donors (Lipinski definition) is 2. The van der Waals surface area contributed by atoms with Crippen molar-refractivity contribution in [3.8, 4) is 0 Å². The summed E-state index contributed by atoms with van der Waals surface area (Å²) in [5.74, 6) is -2.42. The van der Waals surface area contributed by atoms with Crippen molar-refractivity contribution in [1.29, 1.82) is 0 Å². The number of alkyl carbamates (subject to hydrolysis) is 1. The summed E-state index contributed by atoms with van der Waals surface area (Å²) in [7, 11) is 0. The van der Waals surface area contributed by atoms with Gasteiger partial charge in [-0.15, -0.1) is 11.8 Å². The van der Waals surface area contributed by atoms with Gasteiger partial charge in [0.1, 0.15) is 25.5 Å². The lowest BCUT2D eigenvalue weighted by atomic mass is 9.79. The number of nitro groups is 3. The zero-order valence-corrected chi connectivity index (χ0v) is 36.0. The third-order valence-electron chi connectivity index (χ3n) is 11.1. The highest BCUT2D eigenvalue weighted by molar-refractivity contribution is 8.03. The number of ether oxygens (including phenoxy) is 4. The Balaban J connectivity index is 1.15. The maximum atomic E-state index is 13.9. The van der Waals surface area contributed by atoms with Crippen molar-refractivity contribution in [2.24, 2.45) is 11.8 Å². The number of likely N-dealkylation sites (tertiary alicyclic amines) is 1. The number of hydrogen-bond acceptors (Lipinski definition) is 16. The molecule has 0 bridgehead atoms. The third-order valence-corrected chi connectivity index (χ3v) is 12.6. The highest BCUT2D eigenvalue weighted by Gasteiger charge is 2.60. The number of aliphatic hydroxyl groups is 1. The Labute approximate surface area is 370 Å². The standard InChI is InChI=1S/C42H46N6O15S/c1-24-35-34(25(2)49)38(50)45(35)36(39(51)60-19-26-5-11-29(12-6-26)46(54)55)37(24)64-33-17-32(44(18-33)41(53)62-21-28-9-15-31(16-10-28)48(58)59)22-63-42(3,4)23-43-40(52)61-20-27-7-13-30(14-8-27)47(56)57/h5-16,24-25,32-35,49H,17-23H2,1-4H3,(H,43,52)/t24-,25-,32+,33+,34-,35-/m1/s1. The van der Waals surface area contributed by atoms with Gasteiger partial charge in [0, 0.05) is 65.6 Å². The molecular weight excluding hydrogens is 861 g/mol. The minimum atomic E-state index is -0.998. The number of nitrogens with zero attached hydrogens (tertiary/aromatic N) is 5. The van der Waals surface area contributed by atoms with E-state index in [1.54, 1.807) is 13.8 Å². The number of esters is 1. The van der Waals surface area contributed by atoms with Gasteiger partial charge in [0.25, 0.3) is 17.1 Å². The number of aliphatic hydroxyl groups excluding tert-OH is 1. The van der Waals surface area contributed by atoms with Crippen LogP contribution in [-0.4, -0.2) is 102 Å². The van der Waals surface area contributed by atoms with E-state index >= 15 is 0 Å². The summed E-state index contributed by atoms with van der Waals surface area (Å²) >= 11 is 1.30. The lowest BCUT2D eigenvalue weighted by Crippen LogP contribution is -2.63. The summed E-state index contributed by atoms with van der Waals surface area (Å²) in [5.41, 5.74) is 0.194. The van der Waals surface area contributed by atoms with Gasteiger partial charge in [0.05, 0.1) is 51.1 Å². The van der Waals surface area contributed by atoms with Gasteiger partial charge in [-0.25, -0.2) is 14.4 Å². The van der Waals surface area contributed by atoms with E-state index in [0.29, 0.717) is 28.0 Å². The average molecular weight is 907 g/mol. The van der Waals surface area contributed by atoms with Crippen LogP contribution in [0.15, 0.2) is 83.4 Å². The fourth-order valence-electron chi connectivity index (χ4n) is 7.63. The van der Waals surface area contributed by atoms with E-state index in [0.717, 1.165) is 0 Å². The molecule has 2 N–H and O–H groups in total. The van der Waals surface area contributed by atoms with Crippen LogP contribution in [0.4, 0.5) is 26.7 Å². The van der Waals surface area contributed by atoms with Crippen molar-refractivity contribution < 1.29 is 58.0 Å². The Hall–Kier alpha value is -6.65. The quantitative estimate of drug-likeness (QED) is 0.0505. The largest absolute Gasteiger partial charge is 0.456 e. The Morgan fingerprint density at radius 3 is 1.80 bits per heavy atom. The second-order valence-corrected chi connectivity index (χ2v) is 17.5. The number of nitrogens with one attached hydrogen (secondary N) is 1. The van der Waals surface area contributed by atoms with Crippen LogP contribution in [0.25, 0.3) is 0 Å². The molecule has 3 aliphatic rings. The Kier molecular flexibility index (Phi) is 14.5. The maximum absolute atomic E-state index is 13.9. The minimum absolute atomic E-state index is 0.00692. The highest BCUT2D eigenvalue weighted by atomic mass is 32.2. The minimum Gasteiger partial charge on any atom is -0.456 e. The van der Waals surface area contributed by atoms with Crippen LogP contribution in [-0.2, 0) is 48.4 Å². The fraction of sp³-hybridized carbons (Fsp3) is 0.429. The molecule has 2 saturated heterocycles. The number of nitro benzene ring substituents is 3. The molecule has 3 aromatic carbocycles. The smallest absolute Gasteiger partial charge is 0.410 e. The first-order valence-electron chi connectivity index (χ1n) is 20.1. The molecule has 3 aliphatic heterocycles. The molecule has 3 aromatic rings. The van der Waals surface area contributed by atoms with Gasteiger partial charge in [-0.1, -0.05) is 6.92 Å². The molecule has 6 rings (SSSR count). The van der Waals surface area contributed by atoms with Crippen LogP contribution >= 0.6 is 11.8 Å². The van der Waals surface area contributed by atoms with Gasteiger partial charge in [-0.05, 0) is 80.3 Å². The van der Waals surface area contributed by atoms with Crippen molar-refractivity contribution in [3.05, 3.63) is 130 Å². The molecule has 3 heterocycles. The molecule has 6 atom stereocenters. The predicted molar refractivity (Wildman–Crippen MR) is 226 cm³/mol. The lowest BCUT2D eigenvalue weighted by Gasteiger charge is -2.46. The van der Waals surface area contributed by atoms with Crippen LogP contribution in [0, 0.1) is 42.2 Å². The lowest BCUT2D eigenvalue weighted by molar-refractivity contribution is -0.385. The first kappa shape index (κ1) is 46.8. The summed E-state index contributed by atoms with van der Waals surface area (Å²) < 4.78 is 22.9. The second-order valence-electron chi connectivity index (χ2n) is 16.2. The topological polar surface area (TPSA) is 273 Å². The van der Waals surface area contributed by atoms with Crippen LogP contribution in [0.3, 0.4) is 0 Å². The van der Waals surface area contributed by atoms with Gasteiger partial charge in [0.2, 0.25) is 5.91 Å². The number of non-ortho nitro benzene ring substituents is 3. The van der Waals surface area contributed by atoms with Crippen LogP contribution in [0.1, 0.15) is 50.8 Å². The molecule has 0 aliphatic carbocycles. The highest BCUT2D eigenvalue weighted by Crippen LogP contribution is 2.52. The fourth-order valence-corrected chi connectivity index (χ4v) is 9.19. The van der Waals surface area contributed by atoms with Gasteiger partial charge < -0.3 is 39.2 Å². The molecule has 2 fully saturated rings. The molecule has 0 unspecified atom stereocenters. The van der Waals surface area contributed by atoms with Gasteiger partial charge in [-0.2, -0.15) is 0 Å². The summed E-state index contributed by atoms with van der Waals surface area (Å²) in [6, 6.07) is 15.4. The zero-order valence-electron chi connectivity index (χ0n) is 35.1. The molecular formula is C42H46N6O15S. The SMILES string of the molecule is C[C@@H](O)[C@H]1C(=O)N2C(C(=O)OCc3ccc([N+](=O)[O-])cc3)=C(S[C@H]3C[C@@H](COC(C)(C)CNC(=O)OCc4ccc([N+](=O)[O-])cc4)N(C(=O)OCc4ccc([N+](=O)[O-])cc4)C3)[C@H](C)[C@H]12. The molecule has 0 spiro atoms. The third kappa shape index (κ3) is 10.9. The molecule has 22 heteroatoms. The number of rotatable bonds is 18. The summed E-state index contributed by atoms with van der Waals surface area (Å²) in [4.78, 5) is 88.5. The van der Waals surface area contributed by atoms with E-state index in [1.165, 1.54) is 101 Å². The molecule has 0 aromatic heterocycles. The Morgan fingerprint density at radius 1 is 0.828 bits per heavy atom. The van der Waals surface area contributed by atoms with Crippen LogP contribution in [0.5, 0.6) is 0 Å². The number of carbonyl (C=O) groups is 4. The van der Waals surface area contributed by atoms with E-state index in [4.69, 9.17) is 18.9 Å². The first-order valence-corrected chi connectivity index (χ1v) is 21.0. The van der Waals surface area contributed by atoms with Gasteiger partial charge in [-0.3, -0.25) is 35.1 Å². The summed E-state index contributed by atoms with van der Waals surface area (Å²) in [5, 5.41) is 46.0. The summed E-state index contributed by atoms with van der Waals surface area (Å²) in [6.07, 6.45) is -2.13. The molecule has 0 saturated carbocycles. The number of thioether (sulfide) groups is 1. The zero-order chi connectivity index (χ0) is 46.5. The van der Waals surface area contributed by atoms with Crippen LogP contribution in [0.2, 0.25) is 0 Å². The second kappa shape index (κ2) is 19.8. The summed E-state index contributed by atoms with van der Waals surface area (Å²) in [6.45, 7) is 6.32. The number of amides is 3. The van der Waals surface area contributed by atoms with E-state index in [2.05, 4.69) is 5.32 Å². The number of carbonyl (C=O) groups excluding carboxylic acids is 4. The number of fused-ring (bicyclic) bond motifs is 1. The molecule has 21 nitrogen and oxygen atoms in total. The van der Waals surface area contributed by atoms with Crippen molar-refractivity contribution in [3.63, 3.8) is 0 Å². The van der Waals surface area contributed by atoms with Crippen molar-refractivity contribution in [2.75, 3.05) is 19.7 Å². The monoisotopic (exact) mass is 906 g/mol. The van der Waals surface area contributed by atoms with E-state index < -0.39 is 74.5 Å². The van der Waals surface area contributed by atoms with Crippen molar-refractivity contribution in [2.45, 2.75) is 83.0 Å². The Bertz CT molecular complexity index is 2310. The molecule has 0 radical (unpaired) electrons. The predicted octanol–water partition coefficient (Wildman–Crippen LogP) is 5.76. The maximum Gasteiger partial charge on any atom is 0.410 e. The van der Waals surface area contributed by atoms with Gasteiger partial charge in [0.15, 0.2) is 0 Å². The molecule has 340 valence electrons.